The Labute approximate surface area is 161 Å². The fraction of sp³-hybridized carbons (Fsp3) is 0.286. The van der Waals surface area contributed by atoms with Crippen LogP contribution >= 0.6 is 0 Å². The molecule has 1 aromatic carbocycles. The summed E-state index contributed by atoms with van der Waals surface area (Å²) in [4.78, 5) is 36.6. The standard InChI is InChI=1S/C21H21FN4O2/c1-14-6-7-16-19(27)17(12-23-20(16)24-14)21(28)26-10-8-25(9-11-26)13-15-4-2-3-5-18(15)22/h2-7,12H,8-11,13H2,1H3,(H,23,24,27). The van der Waals surface area contributed by atoms with Crippen molar-refractivity contribution in [2.24, 2.45) is 0 Å². The van der Waals surface area contributed by atoms with Crippen molar-refractivity contribution in [3.63, 3.8) is 0 Å². The second kappa shape index (κ2) is 7.52. The summed E-state index contributed by atoms with van der Waals surface area (Å²) in [6.45, 7) is 4.61. The Balaban J connectivity index is 1.46. The minimum Gasteiger partial charge on any atom is -0.345 e. The van der Waals surface area contributed by atoms with Gasteiger partial charge in [-0.3, -0.25) is 14.5 Å². The Morgan fingerprint density at radius 1 is 1.14 bits per heavy atom. The zero-order chi connectivity index (χ0) is 19.7. The third-order valence-corrected chi connectivity index (χ3v) is 5.12. The van der Waals surface area contributed by atoms with Crippen LogP contribution in [0.15, 0.2) is 47.4 Å². The van der Waals surface area contributed by atoms with E-state index in [0.717, 1.165) is 5.69 Å². The van der Waals surface area contributed by atoms with Crippen LogP contribution in [0.4, 0.5) is 4.39 Å². The molecule has 1 aliphatic heterocycles. The van der Waals surface area contributed by atoms with Gasteiger partial charge in [0.05, 0.1) is 5.39 Å². The SMILES string of the molecule is Cc1ccc2c(=O)c(C(=O)N3CCN(Cc4ccccc4F)CC3)c[nH]c2n1. The van der Waals surface area contributed by atoms with E-state index in [9.17, 15) is 14.0 Å². The monoisotopic (exact) mass is 380 g/mol. The number of piperazine rings is 1. The van der Waals surface area contributed by atoms with Gasteiger partial charge in [0.2, 0.25) is 5.43 Å². The van der Waals surface area contributed by atoms with Crippen LogP contribution in [0.1, 0.15) is 21.6 Å². The second-order valence-corrected chi connectivity index (χ2v) is 7.04. The van der Waals surface area contributed by atoms with E-state index in [1.165, 1.54) is 12.3 Å². The molecule has 144 valence electrons. The van der Waals surface area contributed by atoms with Crippen molar-refractivity contribution in [1.82, 2.24) is 19.8 Å². The highest BCUT2D eigenvalue weighted by Crippen LogP contribution is 2.14. The number of carbonyl (C=O) groups is 1. The molecule has 0 unspecified atom stereocenters. The van der Waals surface area contributed by atoms with Crippen molar-refractivity contribution in [2.75, 3.05) is 26.2 Å². The fourth-order valence-electron chi connectivity index (χ4n) is 3.51. The van der Waals surface area contributed by atoms with Gasteiger partial charge in [-0.15, -0.1) is 0 Å². The lowest BCUT2D eigenvalue weighted by Crippen LogP contribution is -2.49. The van der Waals surface area contributed by atoms with Gasteiger partial charge in [-0.2, -0.15) is 0 Å². The Morgan fingerprint density at radius 2 is 1.89 bits per heavy atom. The molecule has 2 aromatic heterocycles. The molecule has 0 atom stereocenters. The van der Waals surface area contributed by atoms with Crippen LogP contribution in [0.25, 0.3) is 11.0 Å². The van der Waals surface area contributed by atoms with Crippen LogP contribution in [-0.4, -0.2) is 51.9 Å². The molecular formula is C21H21FN4O2. The largest absolute Gasteiger partial charge is 0.345 e. The lowest BCUT2D eigenvalue weighted by molar-refractivity contribution is 0.0625. The highest BCUT2D eigenvalue weighted by atomic mass is 19.1. The van der Waals surface area contributed by atoms with Crippen molar-refractivity contribution >= 4 is 16.9 Å². The van der Waals surface area contributed by atoms with Gasteiger partial charge in [-0.05, 0) is 25.1 Å². The number of aryl methyl sites for hydroxylation is 1. The van der Waals surface area contributed by atoms with Crippen LogP contribution in [0.2, 0.25) is 0 Å². The van der Waals surface area contributed by atoms with Gasteiger partial charge in [0.15, 0.2) is 0 Å². The van der Waals surface area contributed by atoms with Gasteiger partial charge in [0, 0.05) is 50.2 Å². The minimum absolute atomic E-state index is 0.126. The van der Waals surface area contributed by atoms with E-state index in [1.807, 2.05) is 13.0 Å². The van der Waals surface area contributed by atoms with E-state index in [0.29, 0.717) is 49.3 Å². The van der Waals surface area contributed by atoms with Crippen molar-refractivity contribution < 1.29 is 9.18 Å². The van der Waals surface area contributed by atoms with E-state index < -0.39 is 0 Å². The summed E-state index contributed by atoms with van der Waals surface area (Å²) in [7, 11) is 0. The number of nitrogens with one attached hydrogen (secondary N) is 1. The zero-order valence-corrected chi connectivity index (χ0v) is 15.6. The molecule has 0 bridgehead atoms. The smallest absolute Gasteiger partial charge is 0.259 e. The number of rotatable bonds is 3. The van der Waals surface area contributed by atoms with E-state index >= 15 is 0 Å². The number of hydrogen-bond donors (Lipinski definition) is 1. The van der Waals surface area contributed by atoms with Gasteiger partial charge in [-0.1, -0.05) is 18.2 Å². The Kier molecular flexibility index (Phi) is 4.92. The first-order chi connectivity index (χ1) is 13.5. The van der Waals surface area contributed by atoms with Gasteiger partial charge >= 0.3 is 0 Å². The number of amides is 1. The van der Waals surface area contributed by atoms with E-state index in [2.05, 4.69) is 14.9 Å². The predicted octanol–water partition coefficient (Wildman–Crippen LogP) is 2.33. The quantitative estimate of drug-likeness (QED) is 0.757. The molecular weight excluding hydrogens is 359 g/mol. The number of hydrogen-bond acceptors (Lipinski definition) is 4. The molecule has 1 fully saturated rings. The Morgan fingerprint density at radius 3 is 2.64 bits per heavy atom. The van der Waals surface area contributed by atoms with E-state index in [-0.39, 0.29) is 22.7 Å². The molecule has 0 saturated carbocycles. The first kappa shape index (κ1) is 18.3. The number of pyridine rings is 2. The van der Waals surface area contributed by atoms with E-state index in [4.69, 9.17) is 0 Å². The van der Waals surface area contributed by atoms with E-state index in [1.54, 1.807) is 29.2 Å². The molecule has 3 aromatic rings. The third-order valence-electron chi connectivity index (χ3n) is 5.12. The predicted molar refractivity (Wildman–Crippen MR) is 105 cm³/mol. The number of aromatic nitrogens is 2. The van der Waals surface area contributed by atoms with Gasteiger partial charge in [0.1, 0.15) is 17.0 Å². The average molecular weight is 380 g/mol. The minimum atomic E-state index is -0.306. The van der Waals surface area contributed by atoms with Crippen molar-refractivity contribution in [2.45, 2.75) is 13.5 Å². The van der Waals surface area contributed by atoms with Crippen molar-refractivity contribution in [3.05, 3.63) is 75.5 Å². The van der Waals surface area contributed by atoms with Crippen molar-refractivity contribution in [3.8, 4) is 0 Å². The second-order valence-electron chi connectivity index (χ2n) is 7.04. The van der Waals surface area contributed by atoms with Gasteiger partial charge in [-0.25, -0.2) is 9.37 Å². The molecule has 1 saturated heterocycles. The molecule has 0 radical (unpaired) electrons. The first-order valence-corrected chi connectivity index (χ1v) is 9.27. The number of H-pyrrole nitrogens is 1. The Bertz CT molecular complexity index is 1090. The summed E-state index contributed by atoms with van der Waals surface area (Å²) in [5.74, 6) is -0.498. The molecule has 7 heteroatoms. The highest BCUT2D eigenvalue weighted by Gasteiger charge is 2.25. The topological polar surface area (TPSA) is 69.3 Å². The number of fused-ring (bicyclic) bond motifs is 1. The number of aromatic amines is 1. The average Bonchev–Trinajstić information content (AvgIpc) is 2.70. The lowest BCUT2D eigenvalue weighted by Gasteiger charge is -2.34. The molecule has 0 aliphatic carbocycles. The summed E-state index contributed by atoms with van der Waals surface area (Å²) in [6, 6.07) is 10.2. The summed E-state index contributed by atoms with van der Waals surface area (Å²) < 4.78 is 13.8. The fourth-order valence-corrected chi connectivity index (χ4v) is 3.51. The number of carbonyl (C=O) groups excluding carboxylic acids is 1. The Hall–Kier alpha value is -3.06. The molecule has 4 rings (SSSR count). The maximum Gasteiger partial charge on any atom is 0.259 e. The summed E-state index contributed by atoms with van der Waals surface area (Å²) >= 11 is 0. The molecule has 28 heavy (non-hydrogen) atoms. The summed E-state index contributed by atoms with van der Waals surface area (Å²) in [5.41, 5.74) is 1.75. The molecule has 0 spiro atoms. The van der Waals surface area contributed by atoms with Crippen LogP contribution < -0.4 is 5.43 Å². The lowest BCUT2D eigenvalue weighted by atomic mass is 10.1. The maximum atomic E-state index is 13.8. The van der Waals surface area contributed by atoms with Gasteiger partial charge in [0.25, 0.3) is 5.91 Å². The number of nitrogens with zero attached hydrogens (tertiary/aromatic N) is 3. The van der Waals surface area contributed by atoms with Gasteiger partial charge < -0.3 is 9.88 Å². The van der Waals surface area contributed by atoms with Crippen LogP contribution in [0.5, 0.6) is 0 Å². The maximum absolute atomic E-state index is 13.8. The molecule has 6 nitrogen and oxygen atoms in total. The molecule has 1 N–H and O–H groups in total. The molecule has 1 amide bonds. The summed E-state index contributed by atoms with van der Waals surface area (Å²) in [5, 5.41) is 0.412. The third kappa shape index (κ3) is 3.53. The highest BCUT2D eigenvalue weighted by molar-refractivity contribution is 5.96. The number of halogens is 1. The number of benzene rings is 1. The molecule has 1 aliphatic rings. The van der Waals surface area contributed by atoms with Crippen molar-refractivity contribution in [1.29, 1.82) is 0 Å². The first-order valence-electron chi connectivity index (χ1n) is 9.27. The molecule has 3 heterocycles. The van der Waals surface area contributed by atoms with Crippen LogP contribution in [0, 0.1) is 12.7 Å². The normalized spacial score (nSPS) is 15.1. The van der Waals surface area contributed by atoms with Crippen LogP contribution in [-0.2, 0) is 6.54 Å². The zero-order valence-electron chi connectivity index (χ0n) is 15.6. The van der Waals surface area contributed by atoms with Crippen LogP contribution in [0.3, 0.4) is 0 Å². The summed E-state index contributed by atoms with van der Waals surface area (Å²) in [6.07, 6.45) is 1.45.